The summed E-state index contributed by atoms with van der Waals surface area (Å²) in [6.07, 6.45) is 0. The molecule has 13 aromatic rings. The molecule has 0 spiro atoms. The Morgan fingerprint density at radius 2 is 0.531 bits per heavy atom. The van der Waals surface area contributed by atoms with Crippen LogP contribution in [0.4, 0.5) is 0 Å². The van der Waals surface area contributed by atoms with Crippen LogP contribution in [-0.4, -0.2) is 36.7 Å². The molecule has 0 aliphatic rings. The van der Waals surface area contributed by atoms with Crippen LogP contribution in [0, 0.1) is 0 Å². The van der Waals surface area contributed by atoms with E-state index in [0.717, 1.165) is 54.7 Å². The molecule has 0 N–H and O–H groups in total. The van der Waals surface area contributed by atoms with Crippen LogP contribution in [0.1, 0.15) is 0 Å². The average molecular weight is 835 g/mol. The number of benzene rings is 9. The van der Waals surface area contributed by atoms with E-state index in [9.17, 15) is 0 Å². The third-order valence-electron chi connectivity index (χ3n) is 13.1. The fourth-order valence-electron chi connectivity index (χ4n) is 10.3. The van der Waals surface area contributed by atoms with Crippen molar-refractivity contribution in [2.45, 2.75) is 0 Å². The lowest BCUT2D eigenvalue weighted by Crippen LogP contribution is -2.76. The summed E-state index contributed by atoms with van der Waals surface area (Å²) >= 11 is 0. The molecule has 7 heteroatoms. The summed E-state index contributed by atoms with van der Waals surface area (Å²) in [6.45, 7) is 0. The summed E-state index contributed by atoms with van der Waals surface area (Å²) in [6, 6.07) is 82.7. The van der Waals surface area contributed by atoms with E-state index in [1.54, 1.807) is 0 Å². The monoisotopic (exact) mass is 834 g/mol. The molecule has 0 bridgehead atoms. The van der Waals surface area contributed by atoms with Crippen LogP contribution < -0.4 is 21.0 Å². The molecule has 300 valence electrons. The van der Waals surface area contributed by atoms with Crippen molar-refractivity contribution in [1.29, 1.82) is 0 Å². The molecule has 13 rings (SSSR count). The lowest BCUT2D eigenvalue weighted by molar-refractivity contribution is 0.904. The Kier molecular flexibility index (Phi) is 8.13. The zero-order valence-corrected chi connectivity index (χ0v) is 35.6. The molecule has 0 aliphatic heterocycles. The first-order valence-electron chi connectivity index (χ1n) is 21.7. The Morgan fingerprint density at radius 3 is 0.875 bits per heavy atom. The van der Waals surface area contributed by atoms with Crippen molar-refractivity contribution >= 4 is 94.5 Å². The van der Waals surface area contributed by atoms with Crippen molar-refractivity contribution in [2.75, 3.05) is 0 Å². The molecular formula is C57H38N6Si. The normalized spacial score (nSPS) is 12.1. The van der Waals surface area contributed by atoms with Crippen molar-refractivity contribution < 1.29 is 0 Å². The van der Waals surface area contributed by atoms with Crippen LogP contribution in [0.2, 0.25) is 0 Å². The molecule has 64 heavy (non-hydrogen) atoms. The maximum atomic E-state index is 5.79. The molecule has 0 radical (unpaired) electrons. The Bertz CT molecular complexity index is 3570. The molecule has 0 saturated heterocycles. The smallest absolute Gasteiger partial charge is 0.239 e. The summed E-state index contributed by atoms with van der Waals surface area (Å²) < 4.78 is 6.84. The Hall–Kier alpha value is -8.39. The van der Waals surface area contributed by atoms with E-state index in [4.69, 9.17) is 15.0 Å². The van der Waals surface area contributed by atoms with E-state index in [1.807, 2.05) is 0 Å². The van der Waals surface area contributed by atoms with Gasteiger partial charge < -0.3 is 4.57 Å². The van der Waals surface area contributed by atoms with Gasteiger partial charge in [0.25, 0.3) is 0 Å². The number of fused-ring (bicyclic) bond motifs is 9. The topological polar surface area (TPSA) is 53.5 Å². The lowest BCUT2D eigenvalue weighted by Gasteiger charge is -2.32. The third kappa shape index (κ3) is 5.28. The van der Waals surface area contributed by atoms with E-state index in [-0.39, 0.29) is 0 Å². The average Bonchev–Trinajstić information content (AvgIpc) is 4.01. The van der Waals surface area contributed by atoms with Gasteiger partial charge in [0, 0.05) is 38.0 Å². The van der Waals surface area contributed by atoms with Gasteiger partial charge in [0.05, 0.1) is 33.1 Å². The first-order valence-corrected chi connectivity index (χ1v) is 23.7. The maximum Gasteiger partial charge on any atom is 0.239 e. The van der Waals surface area contributed by atoms with E-state index >= 15 is 0 Å². The molecular weight excluding hydrogens is 797 g/mol. The van der Waals surface area contributed by atoms with Crippen LogP contribution in [0.5, 0.6) is 0 Å². The number of hydrogen-bond donors (Lipinski definition) is 0. The minimum Gasteiger partial charge on any atom is -0.309 e. The predicted octanol–water partition coefficient (Wildman–Crippen LogP) is 10.5. The Labute approximate surface area is 369 Å². The number of aromatic nitrogens is 6. The Morgan fingerprint density at radius 1 is 0.250 bits per heavy atom. The number of nitrogens with zero attached hydrogens (tertiary/aromatic N) is 6. The molecule has 0 aliphatic carbocycles. The van der Waals surface area contributed by atoms with Gasteiger partial charge in [-0.05, 0) is 64.1 Å². The predicted molar refractivity (Wildman–Crippen MR) is 266 cm³/mol. The highest BCUT2D eigenvalue weighted by atomic mass is 28.3. The highest BCUT2D eigenvalue weighted by Gasteiger charge is 2.46. The van der Waals surface area contributed by atoms with Crippen molar-refractivity contribution in [3.8, 4) is 17.6 Å². The van der Waals surface area contributed by atoms with Crippen LogP contribution in [0.3, 0.4) is 0 Å². The summed E-state index contributed by atoms with van der Waals surface area (Å²) in [7, 11) is -3.37. The largest absolute Gasteiger partial charge is 0.309 e. The summed E-state index contributed by atoms with van der Waals surface area (Å²) in [5, 5.41) is 10.6. The van der Waals surface area contributed by atoms with Crippen LogP contribution >= 0.6 is 0 Å². The fourth-order valence-corrected chi connectivity index (χ4v) is 14.7. The highest BCUT2D eigenvalue weighted by molar-refractivity contribution is 7.19. The summed E-state index contributed by atoms with van der Waals surface area (Å²) in [4.78, 5) is 17.1. The molecule has 4 heterocycles. The molecule has 0 atom stereocenters. The zero-order valence-electron chi connectivity index (χ0n) is 34.6. The van der Waals surface area contributed by atoms with Gasteiger partial charge in [0.15, 0.2) is 0 Å². The third-order valence-corrected chi connectivity index (χ3v) is 17.6. The van der Waals surface area contributed by atoms with Gasteiger partial charge in [-0.3, -0.25) is 9.13 Å². The standard InChI is InChI=1S/C57H38N6Si/c1-3-19-40(20-4-1)64(41-21-5-2-6-22-41,42-37-35-39(36-38-42)61-49-29-13-7-23-43(49)44-24-8-14-30-50(44)61)57-59-55(62-51-31-15-9-25-45(51)46-26-10-16-32-52(46)62)58-56(60-57)63-53-33-17-11-27-47(53)48-28-12-18-34-54(48)63/h1-38H. The van der Waals surface area contributed by atoms with Gasteiger partial charge in [-0.25, -0.2) is 9.97 Å². The van der Waals surface area contributed by atoms with E-state index in [1.165, 1.54) is 37.4 Å². The molecule has 0 unspecified atom stereocenters. The molecule has 9 aromatic carbocycles. The number of rotatable bonds is 7. The molecule has 4 aromatic heterocycles. The first kappa shape index (κ1) is 36.3. The van der Waals surface area contributed by atoms with Crippen molar-refractivity contribution in [1.82, 2.24) is 28.7 Å². The zero-order chi connectivity index (χ0) is 42.2. The van der Waals surface area contributed by atoms with Crippen molar-refractivity contribution in [3.05, 3.63) is 231 Å². The highest BCUT2D eigenvalue weighted by Crippen LogP contribution is 2.34. The van der Waals surface area contributed by atoms with E-state index < -0.39 is 8.07 Å². The van der Waals surface area contributed by atoms with Crippen molar-refractivity contribution in [3.63, 3.8) is 0 Å². The van der Waals surface area contributed by atoms with E-state index in [2.05, 4.69) is 244 Å². The second kappa shape index (κ2) is 14.3. The molecule has 6 nitrogen and oxygen atoms in total. The number of para-hydroxylation sites is 6. The first-order chi connectivity index (χ1) is 31.8. The van der Waals surface area contributed by atoms with Gasteiger partial charge in [0.1, 0.15) is 5.45 Å². The van der Waals surface area contributed by atoms with Gasteiger partial charge in [0.2, 0.25) is 20.0 Å². The summed E-state index contributed by atoms with van der Waals surface area (Å²) in [5.74, 6) is 1.15. The minimum absolute atomic E-state index is 0.574. The second-order valence-electron chi connectivity index (χ2n) is 16.4. The van der Waals surface area contributed by atoms with Gasteiger partial charge in [-0.1, -0.05) is 182 Å². The van der Waals surface area contributed by atoms with Crippen molar-refractivity contribution in [2.24, 2.45) is 0 Å². The fraction of sp³-hybridized carbons (Fsp3) is 0. The lowest BCUT2D eigenvalue weighted by atomic mass is 10.2. The van der Waals surface area contributed by atoms with Gasteiger partial charge in [-0.15, -0.1) is 0 Å². The minimum atomic E-state index is -3.37. The number of hydrogen-bond acceptors (Lipinski definition) is 3. The van der Waals surface area contributed by atoms with E-state index in [0.29, 0.717) is 11.9 Å². The molecule has 0 fully saturated rings. The molecule has 0 saturated carbocycles. The SMILES string of the molecule is c1ccc([Si](c2ccccc2)(c2ccc(-n3c4ccccc4c4ccccc43)cc2)c2nc(-n3c4ccccc4c4ccccc43)nc(-n3c4ccccc4c4ccccc43)n2)cc1. The maximum absolute atomic E-state index is 5.79. The van der Waals surface area contributed by atoms with Gasteiger partial charge >= 0.3 is 0 Å². The molecule has 0 amide bonds. The van der Waals surface area contributed by atoms with Crippen LogP contribution in [-0.2, 0) is 0 Å². The van der Waals surface area contributed by atoms with Gasteiger partial charge in [-0.2, -0.15) is 4.98 Å². The summed E-state index contributed by atoms with van der Waals surface area (Å²) in [5.41, 5.74) is 8.35. The second-order valence-corrected chi connectivity index (χ2v) is 20.1. The Balaban J connectivity index is 1.16. The van der Waals surface area contributed by atoms with Crippen LogP contribution in [0.15, 0.2) is 231 Å². The quantitative estimate of drug-likeness (QED) is 0.119. The van der Waals surface area contributed by atoms with Crippen LogP contribution in [0.25, 0.3) is 83.0 Å².